The first-order valence-corrected chi connectivity index (χ1v) is 8.29. The number of halogens is 2. The van der Waals surface area contributed by atoms with Crippen LogP contribution in [0.5, 0.6) is 0 Å². The third kappa shape index (κ3) is 8.64. The van der Waals surface area contributed by atoms with Crippen LogP contribution < -0.4 is 0 Å². The second-order valence-corrected chi connectivity index (χ2v) is 5.56. The second kappa shape index (κ2) is 11.7. The fraction of sp³-hybridized carbons (Fsp3) is 0.600. The molecule has 0 aliphatic rings. The summed E-state index contributed by atoms with van der Waals surface area (Å²) in [6.45, 7) is 2.65. The van der Waals surface area contributed by atoms with Crippen molar-refractivity contribution in [2.75, 3.05) is 25.2 Å². The maximum Gasteiger partial charge on any atom is 0.0732 e. The summed E-state index contributed by atoms with van der Waals surface area (Å²) in [5.74, 6) is 0. The molecule has 0 unspecified atom stereocenters. The van der Waals surface area contributed by atoms with Crippen molar-refractivity contribution in [2.45, 2.75) is 32.3 Å². The highest BCUT2D eigenvalue weighted by atomic mass is 79.9. The molecule has 4 heteroatoms. The summed E-state index contributed by atoms with van der Waals surface area (Å²) in [6.07, 6.45) is 4.90. The van der Waals surface area contributed by atoms with E-state index in [-0.39, 0.29) is 0 Å². The van der Waals surface area contributed by atoms with E-state index in [1.54, 1.807) is 0 Å². The lowest BCUT2D eigenvalue weighted by Crippen LogP contribution is -2.05. The van der Waals surface area contributed by atoms with E-state index in [0.717, 1.165) is 28.9 Å². The Morgan fingerprint density at radius 1 is 0.895 bits per heavy atom. The van der Waals surface area contributed by atoms with Gasteiger partial charge in [-0.15, -0.1) is 0 Å². The van der Waals surface area contributed by atoms with Crippen LogP contribution in [0.1, 0.15) is 31.2 Å². The first-order chi connectivity index (χ1) is 9.34. The molecule has 2 nitrogen and oxygen atoms in total. The molecular weight excluding hydrogens is 328 g/mol. The normalized spacial score (nSPS) is 10.8. The molecule has 0 radical (unpaired) electrons. The maximum atomic E-state index is 6.03. The highest BCUT2D eigenvalue weighted by Gasteiger charge is 1.98. The predicted molar refractivity (Wildman–Crippen MR) is 84.2 cm³/mol. The van der Waals surface area contributed by atoms with Gasteiger partial charge < -0.3 is 9.47 Å². The molecule has 19 heavy (non-hydrogen) atoms. The zero-order valence-corrected chi connectivity index (χ0v) is 13.6. The first kappa shape index (κ1) is 17.0. The van der Waals surface area contributed by atoms with Crippen LogP contribution in [-0.4, -0.2) is 25.2 Å². The van der Waals surface area contributed by atoms with Gasteiger partial charge in [0.2, 0.25) is 0 Å². The van der Waals surface area contributed by atoms with Crippen molar-refractivity contribution in [3.8, 4) is 0 Å². The Kier molecular flexibility index (Phi) is 10.5. The molecule has 108 valence electrons. The molecular formula is C15H22BrClO2. The molecule has 0 spiro atoms. The number of ether oxygens (including phenoxy) is 2. The van der Waals surface area contributed by atoms with Crippen molar-refractivity contribution in [3.05, 3.63) is 34.9 Å². The van der Waals surface area contributed by atoms with Gasteiger partial charge in [0.15, 0.2) is 0 Å². The van der Waals surface area contributed by atoms with Gasteiger partial charge in [-0.05, 0) is 24.5 Å². The van der Waals surface area contributed by atoms with E-state index >= 15 is 0 Å². The topological polar surface area (TPSA) is 18.5 Å². The molecule has 0 heterocycles. The fourth-order valence-electron chi connectivity index (χ4n) is 1.67. The zero-order chi connectivity index (χ0) is 13.8. The van der Waals surface area contributed by atoms with Crippen LogP contribution >= 0.6 is 27.5 Å². The predicted octanol–water partition coefficient (Wildman–Crippen LogP) is 4.83. The third-order valence-corrected chi connectivity index (χ3v) is 3.69. The zero-order valence-electron chi connectivity index (χ0n) is 11.2. The summed E-state index contributed by atoms with van der Waals surface area (Å²) < 4.78 is 11.0. The summed E-state index contributed by atoms with van der Waals surface area (Å²) in [5.41, 5.74) is 1.03. The first-order valence-electron chi connectivity index (χ1n) is 6.79. The van der Waals surface area contributed by atoms with Gasteiger partial charge in [0.25, 0.3) is 0 Å². The lowest BCUT2D eigenvalue weighted by Gasteiger charge is -2.07. The third-order valence-electron chi connectivity index (χ3n) is 2.76. The summed E-state index contributed by atoms with van der Waals surface area (Å²) in [7, 11) is 0. The van der Waals surface area contributed by atoms with E-state index in [2.05, 4.69) is 15.9 Å². The molecule has 0 saturated carbocycles. The van der Waals surface area contributed by atoms with Crippen molar-refractivity contribution < 1.29 is 9.47 Å². The van der Waals surface area contributed by atoms with Gasteiger partial charge in [0.05, 0.1) is 19.8 Å². The van der Waals surface area contributed by atoms with Crippen LogP contribution in [0.3, 0.4) is 0 Å². The van der Waals surface area contributed by atoms with E-state index in [0.29, 0.717) is 19.8 Å². The van der Waals surface area contributed by atoms with E-state index in [9.17, 15) is 0 Å². The van der Waals surface area contributed by atoms with Gasteiger partial charge >= 0.3 is 0 Å². The van der Waals surface area contributed by atoms with E-state index in [1.807, 2.05) is 24.3 Å². The molecule has 1 aromatic carbocycles. The molecule has 0 fully saturated rings. The molecule has 0 saturated heterocycles. The Morgan fingerprint density at radius 2 is 1.63 bits per heavy atom. The molecule has 0 amide bonds. The molecule has 0 atom stereocenters. The van der Waals surface area contributed by atoms with Gasteiger partial charge in [-0.3, -0.25) is 0 Å². The maximum absolute atomic E-state index is 6.03. The smallest absolute Gasteiger partial charge is 0.0732 e. The summed E-state index contributed by atoms with van der Waals surface area (Å²) in [5, 5.41) is 1.86. The molecule has 1 aromatic rings. The molecule has 0 bridgehead atoms. The molecule has 0 N–H and O–H groups in total. The van der Waals surface area contributed by atoms with Crippen molar-refractivity contribution in [3.63, 3.8) is 0 Å². The number of unbranched alkanes of at least 4 members (excludes halogenated alkanes) is 3. The van der Waals surface area contributed by atoms with Gasteiger partial charge in [0.1, 0.15) is 0 Å². The lowest BCUT2D eigenvalue weighted by atomic mass is 10.2. The number of benzene rings is 1. The van der Waals surface area contributed by atoms with Crippen LogP contribution in [-0.2, 0) is 16.1 Å². The average molecular weight is 350 g/mol. The fourth-order valence-corrected chi connectivity index (χ4v) is 2.26. The largest absolute Gasteiger partial charge is 0.379 e. The van der Waals surface area contributed by atoms with Crippen molar-refractivity contribution in [1.82, 2.24) is 0 Å². The average Bonchev–Trinajstić information content (AvgIpc) is 2.43. The van der Waals surface area contributed by atoms with E-state index in [4.69, 9.17) is 21.1 Å². The SMILES string of the molecule is Clc1ccccc1COCCOCCCCCCBr. The quantitative estimate of drug-likeness (QED) is 0.421. The van der Waals surface area contributed by atoms with Crippen molar-refractivity contribution in [2.24, 2.45) is 0 Å². The Labute approximate surface area is 129 Å². The highest BCUT2D eigenvalue weighted by molar-refractivity contribution is 9.09. The number of hydrogen-bond donors (Lipinski definition) is 0. The Hall–Kier alpha value is -0.0900. The van der Waals surface area contributed by atoms with Crippen LogP contribution in [0.2, 0.25) is 5.02 Å². The second-order valence-electron chi connectivity index (χ2n) is 4.36. The van der Waals surface area contributed by atoms with Gasteiger partial charge in [0, 0.05) is 17.0 Å². The molecule has 0 aliphatic heterocycles. The van der Waals surface area contributed by atoms with Crippen LogP contribution in [0, 0.1) is 0 Å². The number of rotatable bonds is 11. The van der Waals surface area contributed by atoms with Crippen LogP contribution in [0.25, 0.3) is 0 Å². The summed E-state index contributed by atoms with van der Waals surface area (Å²) >= 11 is 9.46. The Morgan fingerprint density at radius 3 is 2.42 bits per heavy atom. The van der Waals surface area contributed by atoms with Gasteiger partial charge in [-0.1, -0.05) is 58.6 Å². The highest BCUT2D eigenvalue weighted by Crippen LogP contribution is 2.15. The number of alkyl halides is 1. The van der Waals surface area contributed by atoms with Gasteiger partial charge in [-0.25, -0.2) is 0 Å². The monoisotopic (exact) mass is 348 g/mol. The minimum Gasteiger partial charge on any atom is -0.379 e. The summed E-state index contributed by atoms with van der Waals surface area (Å²) in [4.78, 5) is 0. The summed E-state index contributed by atoms with van der Waals surface area (Å²) in [6, 6.07) is 7.75. The Balaban J connectivity index is 1.90. The molecule has 1 rings (SSSR count). The lowest BCUT2D eigenvalue weighted by molar-refractivity contribution is 0.0393. The van der Waals surface area contributed by atoms with Crippen molar-refractivity contribution in [1.29, 1.82) is 0 Å². The minimum atomic E-state index is 0.550. The molecule has 0 aliphatic carbocycles. The minimum absolute atomic E-state index is 0.550. The standard InChI is InChI=1S/C15H22BrClO2/c16-9-5-1-2-6-10-18-11-12-19-13-14-7-3-4-8-15(14)17/h3-4,7-8H,1-2,5-6,9-13H2. The van der Waals surface area contributed by atoms with E-state index in [1.165, 1.54) is 19.3 Å². The number of hydrogen-bond acceptors (Lipinski definition) is 2. The molecule has 0 aromatic heterocycles. The van der Waals surface area contributed by atoms with Crippen LogP contribution in [0.15, 0.2) is 24.3 Å². The van der Waals surface area contributed by atoms with E-state index < -0.39 is 0 Å². The van der Waals surface area contributed by atoms with Gasteiger partial charge in [-0.2, -0.15) is 0 Å². The Bertz CT molecular complexity index is 334. The van der Waals surface area contributed by atoms with Crippen LogP contribution in [0.4, 0.5) is 0 Å². The van der Waals surface area contributed by atoms with Crippen molar-refractivity contribution >= 4 is 27.5 Å².